The zero-order chi connectivity index (χ0) is 27.9. The van der Waals surface area contributed by atoms with Crippen molar-refractivity contribution in [2.45, 2.75) is 24.3 Å². The van der Waals surface area contributed by atoms with Gasteiger partial charge in [0.25, 0.3) is 5.91 Å². The molecule has 0 fully saturated rings. The molecule has 208 valence electrons. The van der Waals surface area contributed by atoms with E-state index in [0.29, 0.717) is 48.2 Å². The summed E-state index contributed by atoms with van der Waals surface area (Å²) < 4.78 is 40.2. The Labute approximate surface area is 237 Å². The van der Waals surface area contributed by atoms with Gasteiger partial charge in [0.15, 0.2) is 16.6 Å². The summed E-state index contributed by atoms with van der Waals surface area (Å²) in [6.07, 6.45) is 1.43. The average Bonchev–Trinajstić information content (AvgIpc) is 3.59. The van der Waals surface area contributed by atoms with Gasteiger partial charge in [0.2, 0.25) is 16.8 Å². The highest BCUT2D eigenvalue weighted by Gasteiger charge is 2.29. The van der Waals surface area contributed by atoms with Crippen LogP contribution in [0.25, 0.3) is 10.2 Å². The fourth-order valence-electron chi connectivity index (χ4n) is 5.00. The van der Waals surface area contributed by atoms with Crippen molar-refractivity contribution in [1.29, 1.82) is 0 Å². The van der Waals surface area contributed by atoms with Gasteiger partial charge in [0, 0.05) is 37.3 Å². The smallest absolute Gasteiger partial charge is 0.260 e. The van der Waals surface area contributed by atoms with Gasteiger partial charge in [-0.3, -0.25) is 9.69 Å². The van der Waals surface area contributed by atoms with E-state index in [2.05, 4.69) is 4.90 Å². The molecule has 0 saturated carbocycles. The number of thiazole rings is 1. The Morgan fingerprint density at radius 1 is 1.00 bits per heavy atom. The van der Waals surface area contributed by atoms with Gasteiger partial charge in [-0.2, -0.15) is 4.31 Å². The summed E-state index contributed by atoms with van der Waals surface area (Å²) in [5.74, 6) is 1.08. The second kappa shape index (κ2) is 10.8. The predicted octanol–water partition coefficient (Wildman–Crippen LogP) is 4.37. The molecule has 9 nitrogen and oxygen atoms in total. The minimum atomic E-state index is -3.70. The van der Waals surface area contributed by atoms with Crippen molar-refractivity contribution in [2.75, 3.05) is 45.4 Å². The quantitative estimate of drug-likeness (QED) is 0.307. The average molecular weight is 579 g/mol. The van der Waals surface area contributed by atoms with E-state index in [1.54, 1.807) is 17.0 Å². The standard InChI is InChI=1S/C29H30N4O5S2/c1-31(2)13-5-14-33(29-30-24-16-25-26(38-19-37-25)17-27(24)39-29)28(34)21-8-10-23(11-9-21)40(35,36)32-15-12-20-6-3-4-7-22(20)18-32/h3-4,6-11,16-17H,5,12-15,18-19H2,1-2H3. The van der Waals surface area contributed by atoms with E-state index < -0.39 is 10.0 Å². The first-order chi connectivity index (χ1) is 19.3. The Morgan fingerprint density at radius 3 is 2.48 bits per heavy atom. The molecular weight excluding hydrogens is 548 g/mol. The number of benzene rings is 3. The summed E-state index contributed by atoms with van der Waals surface area (Å²) in [6.45, 7) is 2.23. The van der Waals surface area contributed by atoms with Gasteiger partial charge in [-0.05, 0) is 68.9 Å². The molecule has 0 N–H and O–H groups in total. The van der Waals surface area contributed by atoms with Crippen molar-refractivity contribution in [3.05, 3.63) is 77.4 Å². The summed E-state index contributed by atoms with van der Waals surface area (Å²) in [6, 6.07) is 17.9. The highest BCUT2D eigenvalue weighted by atomic mass is 32.2. The summed E-state index contributed by atoms with van der Waals surface area (Å²) >= 11 is 1.42. The predicted molar refractivity (Wildman–Crippen MR) is 155 cm³/mol. The van der Waals surface area contributed by atoms with E-state index in [9.17, 15) is 13.2 Å². The number of amides is 1. The second-order valence-electron chi connectivity index (χ2n) is 10.2. The van der Waals surface area contributed by atoms with Gasteiger partial charge >= 0.3 is 0 Å². The van der Waals surface area contributed by atoms with E-state index in [1.165, 1.54) is 33.3 Å². The van der Waals surface area contributed by atoms with Crippen LogP contribution in [0.1, 0.15) is 27.9 Å². The van der Waals surface area contributed by atoms with Crippen LogP contribution in [-0.2, 0) is 23.0 Å². The minimum Gasteiger partial charge on any atom is -0.454 e. The van der Waals surface area contributed by atoms with Crippen LogP contribution in [0.3, 0.4) is 0 Å². The van der Waals surface area contributed by atoms with Crippen LogP contribution in [0.4, 0.5) is 5.13 Å². The van der Waals surface area contributed by atoms with E-state index >= 15 is 0 Å². The highest BCUT2D eigenvalue weighted by molar-refractivity contribution is 7.89. The first-order valence-corrected chi connectivity index (χ1v) is 15.4. The van der Waals surface area contributed by atoms with Crippen LogP contribution < -0.4 is 14.4 Å². The van der Waals surface area contributed by atoms with Crippen molar-refractivity contribution in [3.8, 4) is 11.5 Å². The molecule has 11 heteroatoms. The van der Waals surface area contributed by atoms with Crippen molar-refractivity contribution in [3.63, 3.8) is 0 Å². The van der Waals surface area contributed by atoms with E-state index in [4.69, 9.17) is 14.5 Å². The Bertz CT molecular complexity index is 1630. The van der Waals surface area contributed by atoms with Crippen LogP contribution >= 0.6 is 11.3 Å². The van der Waals surface area contributed by atoms with Crippen LogP contribution in [0.15, 0.2) is 65.6 Å². The molecule has 3 aromatic carbocycles. The molecule has 3 heterocycles. The number of aromatic nitrogens is 1. The van der Waals surface area contributed by atoms with Gasteiger partial charge in [-0.1, -0.05) is 35.6 Å². The third kappa shape index (κ3) is 5.17. The lowest BCUT2D eigenvalue weighted by atomic mass is 10.0. The molecule has 0 spiro atoms. The Morgan fingerprint density at radius 2 is 1.73 bits per heavy atom. The summed E-state index contributed by atoms with van der Waals surface area (Å²) in [5, 5.41) is 0.575. The molecule has 4 aromatic rings. The van der Waals surface area contributed by atoms with Gasteiger partial charge in [0.1, 0.15) is 0 Å². The maximum atomic E-state index is 13.8. The lowest BCUT2D eigenvalue weighted by Crippen LogP contribution is -2.36. The third-order valence-electron chi connectivity index (χ3n) is 7.17. The number of ether oxygens (including phenoxy) is 2. The lowest BCUT2D eigenvalue weighted by Gasteiger charge is -2.28. The molecule has 2 aliphatic rings. The zero-order valence-corrected chi connectivity index (χ0v) is 24.0. The fraction of sp³-hybridized carbons (Fsp3) is 0.310. The number of carbonyl (C=O) groups excluding carboxylic acids is 1. The molecule has 1 amide bonds. The second-order valence-corrected chi connectivity index (χ2v) is 13.1. The largest absolute Gasteiger partial charge is 0.454 e. The molecule has 40 heavy (non-hydrogen) atoms. The van der Waals surface area contributed by atoms with Crippen molar-refractivity contribution in [2.24, 2.45) is 0 Å². The van der Waals surface area contributed by atoms with E-state index in [0.717, 1.165) is 28.7 Å². The molecular formula is C29H30N4O5S2. The van der Waals surface area contributed by atoms with E-state index in [1.807, 2.05) is 50.5 Å². The monoisotopic (exact) mass is 578 g/mol. The van der Waals surface area contributed by atoms with Crippen LogP contribution in [0.5, 0.6) is 11.5 Å². The molecule has 6 rings (SSSR count). The Kier molecular flexibility index (Phi) is 7.22. The first-order valence-electron chi connectivity index (χ1n) is 13.1. The normalized spacial score (nSPS) is 15.0. The molecule has 1 aromatic heterocycles. The molecule has 0 radical (unpaired) electrons. The van der Waals surface area contributed by atoms with E-state index in [-0.39, 0.29) is 17.6 Å². The minimum absolute atomic E-state index is 0.178. The zero-order valence-electron chi connectivity index (χ0n) is 22.4. The lowest BCUT2D eigenvalue weighted by molar-refractivity contribution is 0.0986. The van der Waals surface area contributed by atoms with Gasteiger partial charge < -0.3 is 14.4 Å². The van der Waals surface area contributed by atoms with Gasteiger partial charge in [-0.25, -0.2) is 13.4 Å². The highest BCUT2D eigenvalue weighted by Crippen LogP contribution is 2.40. The number of carbonyl (C=O) groups is 1. The van der Waals surface area contributed by atoms with Crippen LogP contribution in [0.2, 0.25) is 0 Å². The molecule has 0 atom stereocenters. The summed E-state index contributed by atoms with van der Waals surface area (Å²) in [7, 11) is 0.286. The number of nitrogens with zero attached hydrogens (tertiary/aromatic N) is 4. The van der Waals surface area contributed by atoms with Crippen LogP contribution in [0, 0.1) is 0 Å². The number of fused-ring (bicyclic) bond motifs is 3. The summed E-state index contributed by atoms with van der Waals surface area (Å²) in [5.41, 5.74) is 3.35. The number of sulfonamides is 1. The fourth-order valence-corrected chi connectivity index (χ4v) is 7.42. The number of anilines is 1. The van der Waals surface area contributed by atoms with Crippen LogP contribution in [-0.4, -0.2) is 69.0 Å². The maximum Gasteiger partial charge on any atom is 0.260 e. The van der Waals surface area contributed by atoms with Gasteiger partial charge in [0.05, 0.1) is 15.1 Å². The number of hydrogen-bond donors (Lipinski definition) is 0. The summed E-state index contributed by atoms with van der Waals surface area (Å²) in [4.78, 5) is 22.4. The van der Waals surface area contributed by atoms with Crippen molar-refractivity contribution >= 4 is 42.6 Å². The Hall–Kier alpha value is -3.51. The van der Waals surface area contributed by atoms with Crippen molar-refractivity contribution < 1.29 is 22.7 Å². The number of hydrogen-bond acceptors (Lipinski definition) is 8. The molecule has 0 bridgehead atoms. The third-order valence-corrected chi connectivity index (χ3v) is 10.1. The molecule has 0 saturated heterocycles. The molecule has 0 unspecified atom stereocenters. The number of rotatable bonds is 8. The maximum absolute atomic E-state index is 13.8. The van der Waals surface area contributed by atoms with Gasteiger partial charge in [-0.15, -0.1) is 0 Å². The SMILES string of the molecule is CN(C)CCCN(C(=O)c1ccc(S(=O)(=O)N2CCc3ccccc3C2)cc1)c1nc2cc3c(cc2s1)OCO3. The first kappa shape index (κ1) is 26.7. The molecule has 0 aliphatic carbocycles. The van der Waals surface area contributed by atoms with Crippen molar-refractivity contribution in [1.82, 2.24) is 14.2 Å². The topological polar surface area (TPSA) is 92.3 Å². The molecule has 2 aliphatic heterocycles. The Balaban J connectivity index is 1.25.